The van der Waals surface area contributed by atoms with Gasteiger partial charge in [0.05, 0.1) is 18.5 Å². The molecule has 0 bridgehead atoms. The van der Waals surface area contributed by atoms with Crippen LogP contribution in [0.3, 0.4) is 0 Å². The number of aromatic nitrogens is 1. The van der Waals surface area contributed by atoms with E-state index >= 15 is 0 Å². The van der Waals surface area contributed by atoms with Gasteiger partial charge in [-0.05, 0) is 25.0 Å². The van der Waals surface area contributed by atoms with Gasteiger partial charge < -0.3 is 10.1 Å². The van der Waals surface area contributed by atoms with E-state index in [0.29, 0.717) is 36.3 Å². The first-order valence-electron chi connectivity index (χ1n) is 6.57. The van der Waals surface area contributed by atoms with Crippen molar-refractivity contribution in [2.24, 2.45) is 0 Å². The fourth-order valence-electron chi connectivity index (χ4n) is 1.74. The van der Waals surface area contributed by atoms with E-state index in [0.717, 1.165) is 17.1 Å². The molecule has 0 unspecified atom stereocenters. The molecule has 1 aromatic rings. The molecular weight excluding hydrogens is 404 g/mol. The second-order valence-electron chi connectivity index (χ2n) is 4.44. The lowest BCUT2D eigenvalue weighted by Gasteiger charge is -2.08. The molecule has 5 nitrogen and oxygen atoms in total. The maximum Gasteiger partial charge on any atom is 0.305 e. The number of rotatable bonds is 8. The molecule has 0 radical (unpaired) electrons. The summed E-state index contributed by atoms with van der Waals surface area (Å²) in [5.41, 5.74) is 2.48. The Bertz CT molecular complexity index is 473. The van der Waals surface area contributed by atoms with Crippen molar-refractivity contribution in [1.82, 2.24) is 4.98 Å². The van der Waals surface area contributed by atoms with Crippen molar-refractivity contribution in [1.29, 1.82) is 0 Å². The molecule has 0 fully saturated rings. The van der Waals surface area contributed by atoms with Crippen molar-refractivity contribution < 1.29 is 14.3 Å². The van der Waals surface area contributed by atoms with Gasteiger partial charge in [-0.3, -0.25) is 14.6 Å². The minimum absolute atomic E-state index is 0.0629. The van der Waals surface area contributed by atoms with Gasteiger partial charge in [-0.1, -0.05) is 31.9 Å². The summed E-state index contributed by atoms with van der Waals surface area (Å²) in [6, 6.07) is 3.68. The zero-order chi connectivity index (χ0) is 15.7. The monoisotopic (exact) mass is 420 g/mol. The van der Waals surface area contributed by atoms with Gasteiger partial charge >= 0.3 is 5.97 Å². The van der Waals surface area contributed by atoms with E-state index in [1.165, 1.54) is 7.11 Å². The highest BCUT2D eigenvalue weighted by Gasteiger charge is 2.07. The van der Waals surface area contributed by atoms with Crippen LogP contribution in [0.15, 0.2) is 12.1 Å². The Morgan fingerprint density at radius 1 is 1.14 bits per heavy atom. The number of alkyl halides is 2. The van der Waals surface area contributed by atoms with Crippen molar-refractivity contribution in [2.45, 2.75) is 36.3 Å². The van der Waals surface area contributed by atoms with Crippen LogP contribution in [0.4, 0.5) is 5.69 Å². The van der Waals surface area contributed by atoms with Gasteiger partial charge in [0.15, 0.2) is 0 Å². The lowest BCUT2D eigenvalue weighted by Crippen LogP contribution is -2.12. The van der Waals surface area contributed by atoms with Crippen molar-refractivity contribution in [3.8, 4) is 0 Å². The van der Waals surface area contributed by atoms with E-state index in [-0.39, 0.29) is 11.9 Å². The summed E-state index contributed by atoms with van der Waals surface area (Å²) in [7, 11) is 1.36. The van der Waals surface area contributed by atoms with E-state index in [9.17, 15) is 9.59 Å². The lowest BCUT2D eigenvalue weighted by atomic mass is 10.2. The predicted octanol–water partition coefficient (Wildman–Crippen LogP) is 3.54. The molecule has 7 heteroatoms. The number of pyridine rings is 1. The number of esters is 1. The van der Waals surface area contributed by atoms with Crippen LogP contribution in [-0.2, 0) is 25.0 Å². The molecule has 0 saturated carbocycles. The summed E-state index contributed by atoms with van der Waals surface area (Å²) in [5.74, 6) is -0.305. The number of hydrogen-bond acceptors (Lipinski definition) is 4. The van der Waals surface area contributed by atoms with Crippen LogP contribution in [0.2, 0.25) is 0 Å². The maximum atomic E-state index is 11.9. The van der Waals surface area contributed by atoms with Crippen LogP contribution in [-0.4, -0.2) is 24.0 Å². The number of carbonyl (C=O) groups is 2. The Hall–Kier alpha value is -0.950. The van der Waals surface area contributed by atoms with E-state index < -0.39 is 0 Å². The minimum Gasteiger partial charge on any atom is -0.469 e. The quantitative estimate of drug-likeness (QED) is 0.396. The van der Waals surface area contributed by atoms with Gasteiger partial charge in [0.1, 0.15) is 0 Å². The number of ether oxygens (including phenoxy) is 1. The normalized spacial score (nSPS) is 10.2. The number of anilines is 1. The fraction of sp³-hybridized carbons (Fsp3) is 0.500. The summed E-state index contributed by atoms with van der Waals surface area (Å²) in [5, 5.41) is 4.13. The van der Waals surface area contributed by atoms with Crippen molar-refractivity contribution in [3.05, 3.63) is 23.5 Å². The molecule has 0 aliphatic rings. The number of nitrogens with one attached hydrogen (secondary N) is 1. The summed E-state index contributed by atoms with van der Waals surface area (Å²) in [4.78, 5) is 27.2. The first kappa shape index (κ1) is 18.1. The van der Waals surface area contributed by atoms with Crippen LogP contribution < -0.4 is 5.32 Å². The number of carbonyl (C=O) groups excluding carboxylic acids is 2. The van der Waals surface area contributed by atoms with E-state index in [2.05, 4.69) is 46.9 Å². The summed E-state index contributed by atoms with van der Waals surface area (Å²) >= 11 is 6.72. The second kappa shape index (κ2) is 9.89. The molecule has 0 saturated heterocycles. The molecule has 1 amide bonds. The number of halogens is 2. The van der Waals surface area contributed by atoms with E-state index in [1.54, 1.807) is 0 Å². The molecule has 1 rings (SSSR count). The number of unbranched alkanes of at least 4 members (excludes halogenated alkanes) is 1. The van der Waals surface area contributed by atoms with Gasteiger partial charge in [0.25, 0.3) is 0 Å². The highest BCUT2D eigenvalue weighted by Crippen LogP contribution is 2.16. The Kier molecular flexibility index (Phi) is 8.52. The number of hydrogen-bond donors (Lipinski definition) is 1. The standard InChI is InChI=1S/C14H18Br2N2O3/c1-21-14(20)5-3-2-4-13(19)18-10-6-11(8-15)17-12(7-10)9-16/h6-7H,2-5,8-9H2,1H3,(H,17,18,19). The number of amides is 1. The molecule has 1 heterocycles. The molecule has 0 aromatic carbocycles. The fourth-order valence-corrected chi connectivity index (χ4v) is 2.31. The Morgan fingerprint density at radius 3 is 2.24 bits per heavy atom. The Morgan fingerprint density at radius 2 is 1.71 bits per heavy atom. The third-order valence-corrected chi connectivity index (χ3v) is 3.90. The maximum absolute atomic E-state index is 11.9. The zero-order valence-corrected chi connectivity index (χ0v) is 15.0. The van der Waals surface area contributed by atoms with Crippen LogP contribution >= 0.6 is 31.9 Å². The van der Waals surface area contributed by atoms with Crippen LogP contribution in [0, 0.1) is 0 Å². The van der Waals surface area contributed by atoms with Gasteiger partial charge in [-0.15, -0.1) is 0 Å². The summed E-state index contributed by atoms with van der Waals surface area (Å²) < 4.78 is 4.55. The van der Waals surface area contributed by atoms with Crippen LogP contribution in [0.1, 0.15) is 37.1 Å². The molecule has 1 aromatic heterocycles. The highest BCUT2D eigenvalue weighted by atomic mass is 79.9. The Labute approximate surface area is 141 Å². The topological polar surface area (TPSA) is 68.3 Å². The smallest absolute Gasteiger partial charge is 0.305 e. The van der Waals surface area contributed by atoms with Gasteiger partial charge in [-0.25, -0.2) is 0 Å². The number of nitrogens with zero attached hydrogens (tertiary/aromatic N) is 1. The molecule has 21 heavy (non-hydrogen) atoms. The van der Waals surface area contributed by atoms with Gasteiger partial charge in [0.2, 0.25) is 5.91 Å². The van der Waals surface area contributed by atoms with Crippen LogP contribution in [0.25, 0.3) is 0 Å². The molecular formula is C14H18Br2N2O3. The average molecular weight is 422 g/mol. The van der Waals surface area contributed by atoms with E-state index in [1.807, 2.05) is 12.1 Å². The van der Waals surface area contributed by atoms with E-state index in [4.69, 9.17) is 0 Å². The molecule has 1 N–H and O–H groups in total. The van der Waals surface area contributed by atoms with Crippen molar-refractivity contribution >= 4 is 49.4 Å². The first-order valence-corrected chi connectivity index (χ1v) is 8.81. The molecule has 0 aliphatic heterocycles. The largest absolute Gasteiger partial charge is 0.469 e. The first-order chi connectivity index (χ1) is 10.1. The number of methoxy groups -OCH3 is 1. The van der Waals surface area contributed by atoms with Crippen molar-refractivity contribution in [2.75, 3.05) is 12.4 Å². The van der Waals surface area contributed by atoms with Crippen LogP contribution in [0.5, 0.6) is 0 Å². The van der Waals surface area contributed by atoms with Crippen molar-refractivity contribution in [3.63, 3.8) is 0 Å². The zero-order valence-electron chi connectivity index (χ0n) is 11.8. The molecule has 116 valence electrons. The molecule has 0 spiro atoms. The average Bonchev–Trinajstić information content (AvgIpc) is 2.50. The van der Waals surface area contributed by atoms with Gasteiger partial charge in [0, 0.05) is 29.2 Å². The minimum atomic E-state index is -0.242. The third kappa shape index (κ3) is 7.04. The second-order valence-corrected chi connectivity index (χ2v) is 5.56. The highest BCUT2D eigenvalue weighted by molar-refractivity contribution is 9.08. The molecule has 0 atom stereocenters. The van der Waals surface area contributed by atoms with Gasteiger partial charge in [-0.2, -0.15) is 0 Å². The summed E-state index contributed by atoms with van der Waals surface area (Å²) in [6.45, 7) is 0. The predicted molar refractivity (Wildman–Crippen MR) is 88.6 cm³/mol. The third-order valence-electron chi connectivity index (χ3n) is 2.75. The summed E-state index contributed by atoms with van der Waals surface area (Å²) in [6.07, 6.45) is 2.03. The molecule has 0 aliphatic carbocycles. The Balaban J connectivity index is 2.45. The lowest BCUT2D eigenvalue weighted by molar-refractivity contribution is -0.140. The SMILES string of the molecule is COC(=O)CCCCC(=O)Nc1cc(CBr)nc(CBr)c1.